The van der Waals surface area contributed by atoms with Crippen molar-refractivity contribution < 1.29 is 80.2 Å². The van der Waals surface area contributed by atoms with Crippen LogP contribution in [0.25, 0.3) is 0 Å². The Labute approximate surface area is 594 Å². The lowest BCUT2D eigenvalue weighted by Crippen LogP contribution is -2.30. The minimum atomic E-state index is -4.96. The Morgan fingerprint density at radius 1 is 0.278 bits per heavy atom. The number of unbranched alkanes of at least 4 members (excludes halogenated alkanes) is 47. The molecule has 5 atom stereocenters. The second-order valence-electron chi connectivity index (χ2n) is 29.1. The number of carbonyl (C=O) groups excluding carboxylic acids is 4. The first-order chi connectivity index (χ1) is 46.9. The lowest BCUT2D eigenvalue weighted by molar-refractivity contribution is -0.161. The Balaban J connectivity index is 5.26. The summed E-state index contributed by atoms with van der Waals surface area (Å²) in [6.07, 6.45) is 58.1. The van der Waals surface area contributed by atoms with E-state index in [1.807, 2.05) is 0 Å². The van der Waals surface area contributed by atoms with E-state index in [0.717, 1.165) is 102 Å². The first kappa shape index (κ1) is 95.1. The molecule has 0 bridgehead atoms. The quantitative estimate of drug-likeness (QED) is 0.0222. The van der Waals surface area contributed by atoms with Crippen LogP contribution >= 0.6 is 15.6 Å². The topological polar surface area (TPSA) is 237 Å². The summed E-state index contributed by atoms with van der Waals surface area (Å²) < 4.78 is 68.6. The predicted molar refractivity (Wildman–Crippen MR) is 395 cm³/mol. The van der Waals surface area contributed by atoms with Crippen molar-refractivity contribution in [3.63, 3.8) is 0 Å². The maximum absolute atomic E-state index is 13.1. The molecule has 0 aliphatic heterocycles. The zero-order valence-corrected chi connectivity index (χ0v) is 65.2. The van der Waals surface area contributed by atoms with Gasteiger partial charge in [-0.15, -0.1) is 0 Å². The SMILES string of the molecule is CCCCCCCCCCCCCCCCCC(=O)OC[C@H](COP(=O)(O)OC[C@@H](O)COP(=O)(O)OC[C@@H](COC(=O)CCCCCCCCCCCC(C)C)OC(=O)CCCCCCCCCCCCCCC)OC(=O)CCCCCCCCCCCCCCCCC(C)C. The molecule has 0 aromatic carbocycles. The van der Waals surface area contributed by atoms with E-state index in [-0.39, 0.29) is 25.7 Å². The van der Waals surface area contributed by atoms with Crippen molar-refractivity contribution >= 4 is 39.5 Å². The van der Waals surface area contributed by atoms with Gasteiger partial charge in [-0.3, -0.25) is 37.3 Å². The molecule has 17 nitrogen and oxygen atoms in total. The van der Waals surface area contributed by atoms with E-state index in [4.69, 9.17) is 37.0 Å². The first-order valence-corrected chi connectivity index (χ1v) is 43.5. The number of aliphatic hydroxyl groups is 1. The standard InChI is InChI=1S/C78H152O17P2/c1-7-9-11-13-15-17-19-21-22-27-30-36-42-48-54-60-75(80)88-66-73(94-78(83)63-57-51-45-38-32-28-24-23-26-29-34-40-46-52-58-70(3)4)68-92-96(84,85)90-64-72(79)65-91-97(86,87)93-69-74(67-89-76(81)61-55-49-43-39-33-35-41-47-53-59-71(5)6)95-77(82)62-56-50-44-37-31-25-20-18-16-14-12-10-8-2/h70-74,79H,7-69H2,1-6H3,(H,84,85)(H,86,87)/t72-,73-,74-/m1/s1. The molecule has 0 aromatic rings. The van der Waals surface area contributed by atoms with E-state index in [9.17, 15) is 43.2 Å². The number of rotatable bonds is 77. The van der Waals surface area contributed by atoms with Crippen LogP contribution in [0.3, 0.4) is 0 Å². The molecular formula is C78H152O17P2. The number of phosphoric acid groups is 2. The van der Waals surface area contributed by atoms with Gasteiger partial charge in [0.2, 0.25) is 0 Å². The van der Waals surface area contributed by atoms with Crippen LogP contribution < -0.4 is 0 Å². The summed E-state index contributed by atoms with van der Waals surface area (Å²) in [5, 5.41) is 10.6. The number of ether oxygens (including phenoxy) is 4. The molecule has 3 N–H and O–H groups in total. The highest BCUT2D eigenvalue weighted by molar-refractivity contribution is 7.47. The van der Waals surface area contributed by atoms with Gasteiger partial charge in [0.05, 0.1) is 26.4 Å². The molecule has 0 aliphatic carbocycles. The van der Waals surface area contributed by atoms with Gasteiger partial charge in [-0.2, -0.15) is 0 Å². The van der Waals surface area contributed by atoms with Crippen molar-refractivity contribution in [2.75, 3.05) is 39.6 Å². The number of hydrogen-bond acceptors (Lipinski definition) is 15. The minimum Gasteiger partial charge on any atom is -0.462 e. The van der Waals surface area contributed by atoms with Crippen LogP contribution in [0.5, 0.6) is 0 Å². The van der Waals surface area contributed by atoms with Crippen molar-refractivity contribution in [2.24, 2.45) is 11.8 Å². The molecule has 0 saturated carbocycles. The summed E-state index contributed by atoms with van der Waals surface area (Å²) in [6.45, 7) is 9.62. The van der Waals surface area contributed by atoms with Gasteiger partial charge < -0.3 is 33.8 Å². The highest BCUT2D eigenvalue weighted by Gasteiger charge is 2.30. The maximum atomic E-state index is 13.1. The second kappa shape index (κ2) is 69.8. The Kier molecular flexibility index (Phi) is 68.4. The summed E-state index contributed by atoms with van der Waals surface area (Å²) in [5.74, 6) is -0.571. The molecule has 2 unspecified atom stereocenters. The van der Waals surface area contributed by atoms with E-state index in [2.05, 4.69) is 41.5 Å². The monoisotopic (exact) mass is 1420 g/mol. The molecule has 0 rings (SSSR count). The molecule has 0 fully saturated rings. The highest BCUT2D eigenvalue weighted by atomic mass is 31.2. The molecule has 0 aliphatic rings. The van der Waals surface area contributed by atoms with Crippen LogP contribution in [0.2, 0.25) is 0 Å². The fourth-order valence-electron chi connectivity index (χ4n) is 12.0. The van der Waals surface area contributed by atoms with E-state index >= 15 is 0 Å². The molecule has 19 heteroatoms. The van der Waals surface area contributed by atoms with Crippen molar-refractivity contribution in [3.05, 3.63) is 0 Å². The summed E-state index contributed by atoms with van der Waals surface area (Å²) in [4.78, 5) is 72.9. The molecule has 0 spiro atoms. The Hall–Kier alpha value is -1.94. The largest absolute Gasteiger partial charge is 0.472 e. The van der Waals surface area contributed by atoms with Gasteiger partial charge in [0, 0.05) is 25.7 Å². The fraction of sp³-hybridized carbons (Fsp3) is 0.949. The van der Waals surface area contributed by atoms with Crippen molar-refractivity contribution in [2.45, 2.75) is 426 Å². The molecule has 0 aromatic heterocycles. The van der Waals surface area contributed by atoms with Gasteiger partial charge >= 0.3 is 39.5 Å². The molecule has 0 saturated heterocycles. The predicted octanol–water partition coefficient (Wildman–Crippen LogP) is 23.1. The zero-order valence-electron chi connectivity index (χ0n) is 63.4. The smallest absolute Gasteiger partial charge is 0.462 e. The summed E-state index contributed by atoms with van der Waals surface area (Å²) in [7, 11) is -9.92. The van der Waals surface area contributed by atoms with E-state index in [0.29, 0.717) is 25.7 Å². The van der Waals surface area contributed by atoms with Crippen LogP contribution in [0.4, 0.5) is 0 Å². The normalized spacial score (nSPS) is 14.0. The maximum Gasteiger partial charge on any atom is 0.472 e. The number of hydrogen-bond donors (Lipinski definition) is 3. The average molecular weight is 1420 g/mol. The van der Waals surface area contributed by atoms with Gasteiger partial charge in [0.15, 0.2) is 12.2 Å². The number of carbonyl (C=O) groups is 4. The molecule has 576 valence electrons. The van der Waals surface area contributed by atoms with Gasteiger partial charge in [0.25, 0.3) is 0 Å². The molecule has 0 amide bonds. The van der Waals surface area contributed by atoms with Gasteiger partial charge in [-0.25, -0.2) is 9.13 Å². The van der Waals surface area contributed by atoms with E-state index in [1.54, 1.807) is 0 Å². The van der Waals surface area contributed by atoms with Crippen LogP contribution in [-0.2, 0) is 65.4 Å². The van der Waals surface area contributed by atoms with Crippen molar-refractivity contribution in [1.29, 1.82) is 0 Å². The highest BCUT2D eigenvalue weighted by Crippen LogP contribution is 2.45. The van der Waals surface area contributed by atoms with Gasteiger partial charge in [0.1, 0.15) is 19.3 Å². The lowest BCUT2D eigenvalue weighted by Gasteiger charge is -2.21. The van der Waals surface area contributed by atoms with E-state index in [1.165, 1.54) is 225 Å². The van der Waals surface area contributed by atoms with Gasteiger partial charge in [-0.1, -0.05) is 356 Å². The fourth-order valence-corrected chi connectivity index (χ4v) is 13.6. The third-order valence-electron chi connectivity index (χ3n) is 18.2. The van der Waals surface area contributed by atoms with E-state index < -0.39 is 97.5 Å². The Bertz CT molecular complexity index is 1870. The van der Waals surface area contributed by atoms with Crippen LogP contribution in [0.15, 0.2) is 0 Å². The lowest BCUT2D eigenvalue weighted by atomic mass is 10.0. The molecule has 0 heterocycles. The van der Waals surface area contributed by atoms with Crippen LogP contribution in [-0.4, -0.2) is 96.7 Å². The van der Waals surface area contributed by atoms with Crippen molar-refractivity contribution in [3.8, 4) is 0 Å². The average Bonchev–Trinajstić information content (AvgIpc) is 1.05. The minimum absolute atomic E-state index is 0.107. The number of esters is 4. The number of aliphatic hydroxyl groups excluding tert-OH is 1. The van der Waals surface area contributed by atoms with Crippen LogP contribution in [0, 0.1) is 11.8 Å². The molecule has 97 heavy (non-hydrogen) atoms. The second-order valence-corrected chi connectivity index (χ2v) is 32.0. The third-order valence-corrected chi connectivity index (χ3v) is 20.1. The molecule has 0 radical (unpaired) electrons. The zero-order chi connectivity index (χ0) is 71.4. The summed E-state index contributed by atoms with van der Waals surface area (Å²) in [5.41, 5.74) is 0. The summed E-state index contributed by atoms with van der Waals surface area (Å²) in [6, 6.07) is 0. The number of phosphoric ester groups is 2. The van der Waals surface area contributed by atoms with Gasteiger partial charge in [-0.05, 0) is 37.5 Å². The third kappa shape index (κ3) is 72.2. The molecular weight excluding hydrogens is 1270 g/mol. The Morgan fingerprint density at radius 2 is 0.474 bits per heavy atom. The van der Waals surface area contributed by atoms with Crippen molar-refractivity contribution in [1.82, 2.24) is 0 Å². The Morgan fingerprint density at radius 3 is 0.701 bits per heavy atom. The first-order valence-electron chi connectivity index (χ1n) is 40.5. The van der Waals surface area contributed by atoms with Crippen LogP contribution in [0.1, 0.15) is 408 Å². The summed E-state index contributed by atoms with van der Waals surface area (Å²) >= 11 is 0.